The smallest absolute Gasteiger partial charge is 0.189 e. The molecule has 0 aromatic rings. The lowest BCUT2D eigenvalue weighted by molar-refractivity contribution is -0.159. The van der Waals surface area contributed by atoms with Crippen molar-refractivity contribution in [1.82, 2.24) is 0 Å². The van der Waals surface area contributed by atoms with E-state index in [9.17, 15) is 25.2 Å². The number of rotatable bonds is 2. The molecule has 24 heavy (non-hydrogen) atoms. The fourth-order valence-corrected chi connectivity index (χ4v) is 7.00. The van der Waals surface area contributed by atoms with Gasteiger partial charge in [-0.2, -0.15) is 0 Å². The van der Waals surface area contributed by atoms with Crippen LogP contribution in [0.1, 0.15) is 51.4 Å². The first kappa shape index (κ1) is 17.0. The standard InChI is InChI=1S/C19H30O5/c20-9-17(23)19(24)6-5-13-14-3-1-10-7-11(21)2-4-12(10)18(14)16(22)8-15(13)19/h10-16,18,20-22,24H,1-9H2/t10-,11-,12?,13?,14?,15?,16+,18?,19-/m1/s1. The van der Waals surface area contributed by atoms with Crippen molar-refractivity contribution < 1.29 is 25.2 Å². The molecule has 4 saturated carbocycles. The third kappa shape index (κ3) is 2.39. The Labute approximate surface area is 143 Å². The molecule has 0 aromatic heterocycles. The monoisotopic (exact) mass is 338 g/mol. The van der Waals surface area contributed by atoms with Gasteiger partial charge >= 0.3 is 0 Å². The Hall–Kier alpha value is -0.490. The van der Waals surface area contributed by atoms with Crippen LogP contribution in [-0.2, 0) is 4.79 Å². The van der Waals surface area contributed by atoms with E-state index in [1.807, 2.05) is 0 Å². The van der Waals surface area contributed by atoms with Gasteiger partial charge in [0.25, 0.3) is 0 Å². The highest BCUT2D eigenvalue weighted by Gasteiger charge is 2.60. The molecular weight excluding hydrogens is 308 g/mol. The fourth-order valence-electron chi connectivity index (χ4n) is 7.00. The lowest BCUT2D eigenvalue weighted by Crippen LogP contribution is -2.55. The summed E-state index contributed by atoms with van der Waals surface area (Å²) in [5, 5.41) is 41.0. The van der Waals surface area contributed by atoms with Crippen LogP contribution in [0.15, 0.2) is 0 Å². The first-order valence-electron chi connectivity index (χ1n) is 9.68. The summed E-state index contributed by atoms with van der Waals surface area (Å²) in [6, 6.07) is 0. The minimum Gasteiger partial charge on any atom is -0.393 e. The zero-order chi connectivity index (χ0) is 17.1. The molecule has 9 atom stereocenters. The predicted octanol–water partition coefficient (Wildman–Crippen LogP) is 0.873. The van der Waals surface area contributed by atoms with Crippen molar-refractivity contribution in [3.05, 3.63) is 0 Å². The second-order valence-corrected chi connectivity index (χ2v) is 8.83. The molecule has 0 aromatic carbocycles. The third-order valence-corrected chi connectivity index (χ3v) is 7.98. The van der Waals surface area contributed by atoms with E-state index in [1.165, 1.54) is 0 Å². The quantitative estimate of drug-likeness (QED) is 0.599. The van der Waals surface area contributed by atoms with Crippen molar-refractivity contribution in [1.29, 1.82) is 0 Å². The number of carbonyl (C=O) groups is 1. The van der Waals surface area contributed by atoms with Crippen LogP contribution in [0.5, 0.6) is 0 Å². The van der Waals surface area contributed by atoms with Gasteiger partial charge in [-0.25, -0.2) is 0 Å². The summed E-state index contributed by atoms with van der Waals surface area (Å²) in [4.78, 5) is 12.1. The number of aliphatic hydroxyl groups is 4. The molecule has 0 saturated heterocycles. The molecule has 0 heterocycles. The maximum absolute atomic E-state index is 12.1. The molecule has 5 heteroatoms. The maximum atomic E-state index is 12.1. The zero-order valence-corrected chi connectivity index (χ0v) is 14.2. The fraction of sp³-hybridized carbons (Fsp3) is 0.947. The molecule has 4 rings (SSSR count). The summed E-state index contributed by atoms with van der Waals surface area (Å²) in [5.74, 6) is 1.21. The molecule has 0 aliphatic heterocycles. The van der Waals surface area contributed by atoms with Crippen LogP contribution < -0.4 is 0 Å². The van der Waals surface area contributed by atoms with Crippen LogP contribution in [0.3, 0.4) is 0 Å². The first-order valence-corrected chi connectivity index (χ1v) is 9.68. The number of aliphatic hydroxyl groups excluding tert-OH is 3. The summed E-state index contributed by atoms with van der Waals surface area (Å²) in [7, 11) is 0. The minimum absolute atomic E-state index is 0.185. The normalized spacial score (nSPS) is 53.8. The van der Waals surface area contributed by atoms with E-state index < -0.39 is 24.1 Å². The molecule has 4 fully saturated rings. The van der Waals surface area contributed by atoms with E-state index in [0.29, 0.717) is 30.6 Å². The van der Waals surface area contributed by atoms with Gasteiger partial charge in [0, 0.05) is 5.92 Å². The largest absolute Gasteiger partial charge is 0.393 e. The molecule has 0 spiro atoms. The Bertz CT molecular complexity index is 508. The molecule has 4 N–H and O–H groups in total. The van der Waals surface area contributed by atoms with Gasteiger partial charge in [0.1, 0.15) is 12.2 Å². The van der Waals surface area contributed by atoms with Gasteiger partial charge in [0.05, 0.1) is 12.2 Å². The second-order valence-electron chi connectivity index (χ2n) is 8.83. The van der Waals surface area contributed by atoms with Crippen molar-refractivity contribution in [3.8, 4) is 0 Å². The van der Waals surface area contributed by atoms with Crippen LogP contribution >= 0.6 is 0 Å². The van der Waals surface area contributed by atoms with Gasteiger partial charge in [-0.3, -0.25) is 4.79 Å². The highest BCUT2D eigenvalue weighted by Crippen LogP contribution is 2.60. The topological polar surface area (TPSA) is 98.0 Å². The second kappa shape index (κ2) is 6.04. The predicted molar refractivity (Wildman–Crippen MR) is 86.9 cm³/mol. The van der Waals surface area contributed by atoms with Crippen LogP contribution in [0.4, 0.5) is 0 Å². The summed E-state index contributed by atoms with van der Waals surface area (Å²) in [5.41, 5.74) is -1.44. The van der Waals surface area contributed by atoms with Crippen molar-refractivity contribution in [2.75, 3.05) is 6.61 Å². The van der Waals surface area contributed by atoms with E-state index in [2.05, 4.69) is 0 Å². The van der Waals surface area contributed by atoms with Crippen LogP contribution in [0.2, 0.25) is 0 Å². The first-order chi connectivity index (χ1) is 11.5. The molecule has 136 valence electrons. The number of hydrogen-bond acceptors (Lipinski definition) is 5. The third-order valence-electron chi connectivity index (χ3n) is 7.98. The number of hydrogen-bond donors (Lipinski definition) is 4. The molecular formula is C19H30O5. The molecule has 0 radical (unpaired) electrons. The highest BCUT2D eigenvalue weighted by molar-refractivity contribution is 5.88. The molecule has 0 bridgehead atoms. The lowest BCUT2D eigenvalue weighted by Gasteiger charge is -2.55. The Morgan fingerprint density at radius 3 is 2.46 bits per heavy atom. The summed E-state index contributed by atoms with van der Waals surface area (Å²) in [6.45, 7) is -0.619. The Morgan fingerprint density at radius 1 is 0.958 bits per heavy atom. The number of ketones is 1. The van der Waals surface area contributed by atoms with E-state index >= 15 is 0 Å². The molecule has 4 aliphatic carbocycles. The van der Waals surface area contributed by atoms with Crippen LogP contribution in [0.25, 0.3) is 0 Å². The zero-order valence-electron chi connectivity index (χ0n) is 14.2. The van der Waals surface area contributed by atoms with Gasteiger partial charge in [-0.15, -0.1) is 0 Å². The average molecular weight is 338 g/mol. The minimum atomic E-state index is -1.44. The van der Waals surface area contributed by atoms with Crippen LogP contribution in [0, 0.1) is 35.5 Å². The Balaban J connectivity index is 1.58. The van der Waals surface area contributed by atoms with Crippen molar-refractivity contribution in [3.63, 3.8) is 0 Å². The molecule has 5 nitrogen and oxygen atoms in total. The van der Waals surface area contributed by atoms with E-state index in [0.717, 1.165) is 38.5 Å². The van der Waals surface area contributed by atoms with Crippen molar-refractivity contribution >= 4 is 5.78 Å². The van der Waals surface area contributed by atoms with Gasteiger partial charge < -0.3 is 20.4 Å². The van der Waals surface area contributed by atoms with Gasteiger partial charge in [-0.05, 0) is 81.0 Å². The number of carbonyl (C=O) groups excluding carboxylic acids is 1. The SMILES string of the molecule is O=C(CO)[C@@]1(O)CCC2C3CC[C@@H]4C[C@H](O)CCC4C3[C@@H](O)CC21. The maximum Gasteiger partial charge on any atom is 0.189 e. The summed E-state index contributed by atoms with van der Waals surface area (Å²) < 4.78 is 0. The lowest BCUT2D eigenvalue weighted by atomic mass is 9.52. The Kier molecular flexibility index (Phi) is 4.27. The van der Waals surface area contributed by atoms with Gasteiger partial charge in [-0.1, -0.05) is 0 Å². The Morgan fingerprint density at radius 2 is 1.71 bits per heavy atom. The van der Waals surface area contributed by atoms with E-state index in [-0.39, 0.29) is 23.9 Å². The van der Waals surface area contributed by atoms with Crippen LogP contribution in [-0.4, -0.2) is 50.6 Å². The van der Waals surface area contributed by atoms with Gasteiger partial charge in [0.15, 0.2) is 5.78 Å². The van der Waals surface area contributed by atoms with Crippen molar-refractivity contribution in [2.45, 2.75) is 69.2 Å². The van der Waals surface area contributed by atoms with Crippen molar-refractivity contribution in [2.24, 2.45) is 35.5 Å². The number of Topliss-reactive ketones (excluding diaryl/α,β-unsaturated/α-hetero) is 1. The summed E-state index contributed by atoms with van der Waals surface area (Å²) in [6.07, 6.45) is 5.85. The molecule has 5 unspecified atom stereocenters. The van der Waals surface area contributed by atoms with E-state index in [1.54, 1.807) is 0 Å². The molecule has 0 amide bonds. The van der Waals surface area contributed by atoms with E-state index in [4.69, 9.17) is 0 Å². The van der Waals surface area contributed by atoms with Gasteiger partial charge in [0.2, 0.25) is 0 Å². The highest BCUT2D eigenvalue weighted by atomic mass is 16.3. The summed E-state index contributed by atoms with van der Waals surface area (Å²) >= 11 is 0. The average Bonchev–Trinajstić information content (AvgIpc) is 2.91. The molecule has 4 aliphatic rings. The number of fused-ring (bicyclic) bond motifs is 5.